The topological polar surface area (TPSA) is 78.8 Å². The molecule has 5 heteroatoms. The first-order chi connectivity index (χ1) is 6.11. The molecule has 2 aliphatic rings. The molecule has 2 rings (SSSR count). The first-order valence-corrected chi connectivity index (χ1v) is 4.35. The Hall–Kier alpha value is -0.650. The van der Waals surface area contributed by atoms with Gasteiger partial charge >= 0.3 is 5.97 Å². The number of carbonyl (C=O) groups is 1. The molecule has 0 bridgehead atoms. The fraction of sp³-hybridized carbons (Fsp3) is 0.875. The smallest absolute Gasteiger partial charge is 0.315 e. The van der Waals surface area contributed by atoms with Crippen molar-refractivity contribution in [2.24, 2.45) is 5.41 Å². The lowest BCUT2D eigenvalue weighted by atomic mass is 9.68. The minimum Gasteiger partial charge on any atom is -0.481 e. The first-order valence-electron chi connectivity index (χ1n) is 4.35. The highest BCUT2D eigenvalue weighted by Crippen LogP contribution is 2.42. The van der Waals surface area contributed by atoms with Gasteiger partial charge in [-0.3, -0.25) is 4.79 Å². The van der Waals surface area contributed by atoms with E-state index in [2.05, 4.69) is 5.32 Å². The Morgan fingerprint density at radius 3 is 2.46 bits per heavy atom. The third-order valence-electron chi connectivity index (χ3n) is 3.16. The van der Waals surface area contributed by atoms with Gasteiger partial charge < -0.3 is 20.3 Å². The van der Waals surface area contributed by atoms with Crippen LogP contribution in [0.25, 0.3) is 0 Å². The van der Waals surface area contributed by atoms with Gasteiger partial charge in [0, 0.05) is 19.7 Å². The van der Waals surface area contributed by atoms with E-state index in [1.165, 1.54) is 0 Å². The van der Waals surface area contributed by atoms with Crippen LogP contribution in [-0.2, 0) is 9.53 Å². The molecule has 13 heavy (non-hydrogen) atoms. The van der Waals surface area contributed by atoms with Crippen molar-refractivity contribution in [3.05, 3.63) is 0 Å². The molecule has 0 aromatic heterocycles. The number of nitrogens with one attached hydrogen (secondary N) is 1. The zero-order chi connectivity index (χ0) is 9.53. The summed E-state index contributed by atoms with van der Waals surface area (Å²) in [5.41, 5.74) is -2.20. The second-order valence-electron chi connectivity index (χ2n) is 3.82. The summed E-state index contributed by atoms with van der Waals surface area (Å²) in [4.78, 5) is 11.1. The van der Waals surface area contributed by atoms with E-state index in [1.807, 2.05) is 0 Å². The highest BCUT2D eigenvalue weighted by Gasteiger charge is 2.61. The average molecular weight is 187 g/mol. The Labute approximate surface area is 75.7 Å². The molecule has 0 saturated carbocycles. The predicted molar refractivity (Wildman–Crippen MR) is 43.3 cm³/mol. The number of hydrogen-bond acceptors (Lipinski definition) is 4. The van der Waals surface area contributed by atoms with E-state index in [1.54, 1.807) is 0 Å². The van der Waals surface area contributed by atoms with Crippen LogP contribution in [0.2, 0.25) is 0 Å². The van der Waals surface area contributed by atoms with Crippen LogP contribution in [0.4, 0.5) is 0 Å². The number of carboxylic acid groups (broad SMARTS) is 1. The van der Waals surface area contributed by atoms with E-state index >= 15 is 0 Å². The molecule has 1 unspecified atom stereocenters. The summed E-state index contributed by atoms with van der Waals surface area (Å²) in [6.45, 7) is 1.25. The normalized spacial score (nSPS) is 37.0. The van der Waals surface area contributed by atoms with Gasteiger partial charge in [0.25, 0.3) is 0 Å². The van der Waals surface area contributed by atoms with Gasteiger partial charge in [-0.15, -0.1) is 0 Å². The molecule has 1 atom stereocenters. The summed E-state index contributed by atoms with van der Waals surface area (Å²) in [5.74, 6) is -0.950. The van der Waals surface area contributed by atoms with Gasteiger partial charge in [0.15, 0.2) is 0 Å². The highest BCUT2D eigenvalue weighted by molar-refractivity contribution is 5.77. The maximum absolute atomic E-state index is 11.1. The van der Waals surface area contributed by atoms with E-state index < -0.39 is 17.0 Å². The van der Waals surface area contributed by atoms with Crippen molar-refractivity contribution in [2.75, 3.05) is 26.3 Å². The van der Waals surface area contributed by atoms with Gasteiger partial charge in [0.2, 0.25) is 0 Å². The van der Waals surface area contributed by atoms with Crippen LogP contribution in [0.15, 0.2) is 0 Å². The summed E-state index contributed by atoms with van der Waals surface area (Å²) >= 11 is 0. The fourth-order valence-corrected chi connectivity index (χ4v) is 2.00. The Balaban J connectivity index is 2.27. The first kappa shape index (κ1) is 8.93. The predicted octanol–water partition coefficient (Wildman–Crippen LogP) is -1.19. The van der Waals surface area contributed by atoms with Gasteiger partial charge in [0.1, 0.15) is 11.0 Å². The second kappa shape index (κ2) is 2.67. The van der Waals surface area contributed by atoms with Crippen molar-refractivity contribution in [1.82, 2.24) is 5.32 Å². The molecule has 0 spiro atoms. The number of aliphatic hydroxyl groups is 1. The van der Waals surface area contributed by atoms with Crippen molar-refractivity contribution < 1.29 is 19.7 Å². The van der Waals surface area contributed by atoms with Crippen LogP contribution in [0.3, 0.4) is 0 Å². The zero-order valence-electron chi connectivity index (χ0n) is 7.25. The highest BCUT2D eigenvalue weighted by atomic mass is 16.5. The number of carboxylic acids is 1. The van der Waals surface area contributed by atoms with Crippen LogP contribution in [0.5, 0.6) is 0 Å². The zero-order valence-corrected chi connectivity index (χ0v) is 7.25. The molecule has 0 aromatic carbocycles. The summed E-state index contributed by atoms with van der Waals surface area (Å²) < 4.78 is 5.08. The van der Waals surface area contributed by atoms with E-state index in [0.717, 1.165) is 0 Å². The molecule has 74 valence electrons. The molecule has 2 saturated heterocycles. The van der Waals surface area contributed by atoms with Crippen molar-refractivity contribution >= 4 is 5.97 Å². The molecule has 0 amide bonds. The SMILES string of the molecule is O=C(O)C1(C2(O)CNC2)CCOC1. The van der Waals surface area contributed by atoms with Crippen molar-refractivity contribution in [1.29, 1.82) is 0 Å². The quantitative estimate of drug-likeness (QED) is 0.506. The molecule has 5 nitrogen and oxygen atoms in total. The fourth-order valence-electron chi connectivity index (χ4n) is 2.00. The summed E-state index contributed by atoms with van der Waals surface area (Å²) in [5, 5.41) is 22.0. The number of aliphatic carboxylic acids is 1. The minimum absolute atomic E-state index is 0.126. The number of rotatable bonds is 2. The van der Waals surface area contributed by atoms with Crippen LogP contribution >= 0.6 is 0 Å². The lowest BCUT2D eigenvalue weighted by molar-refractivity contribution is -0.177. The monoisotopic (exact) mass is 187 g/mol. The molecule has 0 aliphatic carbocycles. The molecular weight excluding hydrogens is 174 g/mol. The van der Waals surface area contributed by atoms with Crippen LogP contribution in [0.1, 0.15) is 6.42 Å². The van der Waals surface area contributed by atoms with Gasteiger partial charge in [-0.1, -0.05) is 0 Å². The molecule has 2 fully saturated rings. The van der Waals surface area contributed by atoms with Crippen molar-refractivity contribution in [3.63, 3.8) is 0 Å². The largest absolute Gasteiger partial charge is 0.481 e. The third kappa shape index (κ3) is 1.01. The lowest BCUT2D eigenvalue weighted by Crippen LogP contribution is -2.71. The number of β-amino-alcohol motifs (C(OH)–C–C–N with tert-alkyl or cyclic N) is 1. The molecule has 0 radical (unpaired) electrons. The number of hydrogen-bond donors (Lipinski definition) is 3. The Morgan fingerprint density at radius 1 is 1.46 bits per heavy atom. The summed E-state index contributed by atoms with van der Waals surface area (Å²) in [6.07, 6.45) is 0.403. The van der Waals surface area contributed by atoms with E-state index in [9.17, 15) is 9.90 Å². The Morgan fingerprint density at radius 2 is 2.15 bits per heavy atom. The Bertz CT molecular complexity index is 230. The maximum Gasteiger partial charge on any atom is 0.315 e. The van der Waals surface area contributed by atoms with Crippen LogP contribution in [0, 0.1) is 5.41 Å². The minimum atomic E-state index is -1.12. The average Bonchev–Trinajstić information content (AvgIpc) is 2.49. The van der Waals surface area contributed by atoms with E-state index in [0.29, 0.717) is 26.1 Å². The van der Waals surface area contributed by atoms with Crippen molar-refractivity contribution in [2.45, 2.75) is 12.0 Å². The molecule has 3 N–H and O–H groups in total. The van der Waals surface area contributed by atoms with Crippen LogP contribution < -0.4 is 5.32 Å². The second-order valence-corrected chi connectivity index (χ2v) is 3.82. The molecule has 0 aromatic rings. The third-order valence-corrected chi connectivity index (χ3v) is 3.16. The lowest BCUT2D eigenvalue weighted by Gasteiger charge is -2.47. The van der Waals surface area contributed by atoms with Crippen LogP contribution in [-0.4, -0.2) is 48.1 Å². The van der Waals surface area contributed by atoms with Crippen molar-refractivity contribution in [3.8, 4) is 0 Å². The summed E-state index contributed by atoms with van der Waals surface area (Å²) in [6, 6.07) is 0. The maximum atomic E-state index is 11.1. The van der Waals surface area contributed by atoms with Gasteiger partial charge in [-0.25, -0.2) is 0 Å². The molecular formula is C8H13NO4. The number of ether oxygens (including phenoxy) is 1. The standard InChI is InChI=1S/C8H13NO4/c10-6(11)7(1-2-13-5-7)8(12)3-9-4-8/h9,12H,1-5H2,(H,10,11). The molecule has 2 heterocycles. The van der Waals surface area contributed by atoms with E-state index in [4.69, 9.17) is 9.84 Å². The van der Waals surface area contributed by atoms with Gasteiger partial charge in [0.05, 0.1) is 6.61 Å². The van der Waals surface area contributed by atoms with E-state index in [-0.39, 0.29) is 6.61 Å². The molecule has 2 aliphatic heterocycles. The van der Waals surface area contributed by atoms with Gasteiger partial charge in [-0.2, -0.15) is 0 Å². The Kier molecular flexibility index (Phi) is 1.83. The summed E-state index contributed by atoms with van der Waals surface area (Å²) in [7, 11) is 0. The van der Waals surface area contributed by atoms with Gasteiger partial charge in [-0.05, 0) is 6.42 Å².